The molecule has 0 atom stereocenters. The van der Waals surface area contributed by atoms with E-state index in [1.165, 1.54) is 11.3 Å². The number of thiophene rings is 1. The average molecular weight is 276 g/mol. The lowest BCUT2D eigenvalue weighted by atomic mass is 10.2. The summed E-state index contributed by atoms with van der Waals surface area (Å²) in [7, 11) is -1.50. The topological polar surface area (TPSA) is 58.2 Å². The Morgan fingerprint density at radius 2 is 2.06 bits per heavy atom. The summed E-state index contributed by atoms with van der Waals surface area (Å²) >= 11 is 1.52. The van der Waals surface area contributed by atoms with E-state index in [1.807, 2.05) is 27.8 Å². The second kappa shape index (κ2) is 5.95. The van der Waals surface area contributed by atoms with Crippen LogP contribution in [0.5, 0.6) is 0 Å². The van der Waals surface area contributed by atoms with Crippen LogP contribution in [0.4, 0.5) is 0 Å². The zero-order chi connectivity index (χ0) is 13.1. The molecule has 17 heavy (non-hydrogen) atoms. The maximum Gasteiger partial charge on any atom is 0.241 e. The van der Waals surface area contributed by atoms with Crippen molar-refractivity contribution in [3.63, 3.8) is 0 Å². The molecule has 4 nitrogen and oxygen atoms in total. The Bertz CT molecular complexity index is 464. The third-order valence-corrected chi connectivity index (χ3v) is 4.97. The minimum Gasteiger partial charge on any atom is -0.315 e. The molecule has 0 unspecified atom stereocenters. The maximum atomic E-state index is 12.1. The van der Waals surface area contributed by atoms with Gasteiger partial charge in [-0.2, -0.15) is 0 Å². The highest BCUT2D eigenvalue weighted by Crippen LogP contribution is 2.25. The summed E-state index contributed by atoms with van der Waals surface area (Å²) < 4.78 is 26.7. The van der Waals surface area contributed by atoms with E-state index in [4.69, 9.17) is 0 Å². The van der Waals surface area contributed by atoms with Crippen LogP contribution in [0, 0.1) is 12.8 Å². The standard InChI is InChI=1S/C11H20N2O2S2/c1-8(2)6-13-17(14,15)11-5-10(7-12-4)16-9(11)3/h5,8,12-13H,6-7H2,1-4H3. The normalized spacial score (nSPS) is 12.3. The molecule has 0 aromatic carbocycles. The van der Waals surface area contributed by atoms with Gasteiger partial charge in [-0.15, -0.1) is 11.3 Å². The van der Waals surface area contributed by atoms with Crippen molar-refractivity contribution in [3.8, 4) is 0 Å². The van der Waals surface area contributed by atoms with E-state index in [0.29, 0.717) is 23.9 Å². The van der Waals surface area contributed by atoms with Gasteiger partial charge in [0, 0.05) is 22.8 Å². The number of nitrogens with one attached hydrogen (secondary N) is 2. The molecular weight excluding hydrogens is 256 g/mol. The zero-order valence-electron chi connectivity index (χ0n) is 10.7. The van der Waals surface area contributed by atoms with E-state index < -0.39 is 10.0 Å². The molecule has 6 heteroatoms. The fourth-order valence-electron chi connectivity index (χ4n) is 1.41. The van der Waals surface area contributed by atoms with Gasteiger partial charge in [-0.1, -0.05) is 13.8 Å². The minimum absolute atomic E-state index is 0.306. The molecule has 0 saturated carbocycles. The van der Waals surface area contributed by atoms with Gasteiger partial charge in [0.1, 0.15) is 0 Å². The molecule has 0 bridgehead atoms. The molecule has 98 valence electrons. The first kappa shape index (κ1) is 14.6. The third kappa shape index (κ3) is 4.06. The van der Waals surface area contributed by atoms with Crippen LogP contribution in [0.25, 0.3) is 0 Å². The Hall–Kier alpha value is -0.430. The van der Waals surface area contributed by atoms with Crippen molar-refractivity contribution >= 4 is 21.4 Å². The van der Waals surface area contributed by atoms with E-state index >= 15 is 0 Å². The zero-order valence-corrected chi connectivity index (χ0v) is 12.3. The molecule has 1 heterocycles. The highest BCUT2D eigenvalue weighted by atomic mass is 32.2. The molecule has 2 N–H and O–H groups in total. The van der Waals surface area contributed by atoms with Crippen LogP contribution in [0.1, 0.15) is 23.6 Å². The Morgan fingerprint density at radius 1 is 1.41 bits per heavy atom. The smallest absolute Gasteiger partial charge is 0.241 e. The second-order valence-corrected chi connectivity index (χ2v) is 7.49. The average Bonchev–Trinajstić information content (AvgIpc) is 2.58. The summed E-state index contributed by atoms with van der Waals surface area (Å²) in [4.78, 5) is 2.29. The van der Waals surface area contributed by atoms with Crippen LogP contribution in [-0.4, -0.2) is 22.0 Å². The summed E-state index contributed by atoms with van der Waals surface area (Å²) in [5.74, 6) is 0.306. The molecule has 0 aliphatic carbocycles. The number of aryl methyl sites for hydroxylation is 1. The first-order valence-electron chi connectivity index (χ1n) is 5.60. The lowest BCUT2D eigenvalue weighted by molar-refractivity contribution is 0.560. The van der Waals surface area contributed by atoms with Crippen molar-refractivity contribution in [1.29, 1.82) is 0 Å². The first-order valence-corrected chi connectivity index (χ1v) is 7.90. The first-order chi connectivity index (χ1) is 7.86. The molecule has 0 aliphatic rings. The molecule has 0 spiro atoms. The Morgan fingerprint density at radius 3 is 2.59 bits per heavy atom. The van der Waals surface area contributed by atoms with Crippen molar-refractivity contribution in [2.75, 3.05) is 13.6 Å². The lowest BCUT2D eigenvalue weighted by Crippen LogP contribution is -2.27. The molecule has 0 amide bonds. The minimum atomic E-state index is -3.35. The second-order valence-electron chi connectivity index (χ2n) is 4.41. The van der Waals surface area contributed by atoms with Crippen LogP contribution >= 0.6 is 11.3 Å². The van der Waals surface area contributed by atoms with Crippen LogP contribution in [-0.2, 0) is 16.6 Å². The Labute approximate surface area is 107 Å². The van der Waals surface area contributed by atoms with E-state index in [0.717, 1.165) is 9.75 Å². The fourth-order valence-corrected chi connectivity index (χ4v) is 4.27. The molecule has 1 rings (SSSR count). The molecule has 1 aromatic rings. The van der Waals surface area contributed by atoms with Gasteiger partial charge in [-0.25, -0.2) is 13.1 Å². The van der Waals surface area contributed by atoms with Crippen LogP contribution < -0.4 is 10.0 Å². The molecule has 1 aromatic heterocycles. The van der Waals surface area contributed by atoms with Gasteiger partial charge in [-0.05, 0) is 26.0 Å². The number of hydrogen-bond acceptors (Lipinski definition) is 4. The third-order valence-electron chi connectivity index (χ3n) is 2.25. The van der Waals surface area contributed by atoms with Gasteiger partial charge in [0.25, 0.3) is 0 Å². The Kier molecular flexibility index (Phi) is 5.12. The highest BCUT2D eigenvalue weighted by Gasteiger charge is 2.19. The molecule has 0 saturated heterocycles. The predicted molar refractivity (Wildman–Crippen MR) is 71.8 cm³/mol. The van der Waals surface area contributed by atoms with Gasteiger partial charge in [-0.3, -0.25) is 0 Å². The van der Waals surface area contributed by atoms with Crippen molar-refractivity contribution in [2.24, 2.45) is 5.92 Å². The highest BCUT2D eigenvalue weighted by molar-refractivity contribution is 7.89. The van der Waals surface area contributed by atoms with E-state index in [-0.39, 0.29) is 0 Å². The van der Waals surface area contributed by atoms with Crippen molar-refractivity contribution in [1.82, 2.24) is 10.0 Å². The predicted octanol–water partition coefficient (Wildman–Crippen LogP) is 1.71. The number of rotatable bonds is 6. The van der Waals surface area contributed by atoms with Crippen molar-refractivity contribution < 1.29 is 8.42 Å². The summed E-state index contributed by atoms with van der Waals surface area (Å²) in [6, 6.07) is 1.75. The largest absolute Gasteiger partial charge is 0.315 e. The molecule has 0 fully saturated rings. The van der Waals surface area contributed by atoms with Crippen molar-refractivity contribution in [3.05, 3.63) is 15.8 Å². The quantitative estimate of drug-likeness (QED) is 0.831. The van der Waals surface area contributed by atoms with Gasteiger partial charge in [0.2, 0.25) is 10.0 Å². The monoisotopic (exact) mass is 276 g/mol. The summed E-state index contributed by atoms with van der Waals surface area (Å²) in [5, 5.41) is 3.02. The molecular formula is C11H20N2O2S2. The summed E-state index contributed by atoms with van der Waals surface area (Å²) in [6.45, 7) is 6.98. The fraction of sp³-hybridized carbons (Fsp3) is 0.636. The summed E-state index contributed by atoms with van der Waals surface area (Å²) in [5.41, 5.74) is 0. The van der Waals surface area contributed by atoms with Gasteiger partial charge in [0.05, 0.1) is 4.90 Å². The van der Waals surface area contributed by atoms with Crippen molar-refractivity contribution in [2.45, 2.75) is 32.2 Å². The van der Waals surface area contributed by atoms with E-state index in [2.05, 4.69) is 10.0 Å². The summed E-state index contributed by atoms with van der Waals surface area (Å²) in [6.07, 6.45) is 0. The Balaban J connectivity index is 2.90. The number of sulfonamides is 1. The maximum absolute atomic E-state index is 12.1. The van der Waals surface area contributed by atoms with E-state index in [1.54, 1.807) is 6.07 Å². The molecule has 0 aliphatic heterocycles. The van der Waals surface area contributed by atoms with E-state index in [9.17, 15) is 8.42 Å². The SMILES string of the molecule is CNCc1cc(S(=O)(=O)NCC(C)C)c(C)s1. The van der Waals surface area contributed by atoms with Gasteiger partial charge in [0.15, 0.2) is 0 Å². The van der Waals surface area contributed by atoms with Crippen LogP contribution in [0.2, 0.25) is 0 Å². The number of hydrogen-bond donors (Lipinski definition) is 2. The van der Waals surface area contributed by atoms with Crippen LogP contribution in [0.3, 0.4) is 0 Å². The van der Waals surface area contributed by atoms with Crippen LogP contribution in [0.15, 0.2) is 11.0 Å². The van der Waals surface area contributed by atoms with Gasteiger partial charge >= 0.3 is 0 Å². The lowest BCUT2D eigenvalue weighted by Gasteiger charge is -2.08. The van der Waals surface area contributed by atoms with Gasteiger partial charge < -0.3 is 5.32 Å². The molecule has 0 radical (unpaired) electrons.